The summed E-state index contributed by atoms with van der Waals surface area (Å²) in [6, 6.07) is 8.19. The molecule has 0 bridgehead atoms. The molecule has 1 amide bonds. The zero-order valence-corrected chi connectivity index (χ0v) is 12.4. The highest BCUT2D eigenvalue weighted by molar-refractivity contribution is 5.88. The Labute approximate surface area is 121 Å². The van der Waals surface area contributed by atoms with Gasteiger partial charge in [0.15, 0.2) is 0 Å². The molecule has 1 unspecified atom stereocenters. The summed E-state index contributed by atoms with van der Waals surface area (Å²) in [7, 11) is 0. The first-order valence-electron chi connectivity index (χ1n) is 7.78. The largest absolute Gasteiger partial charge is 0.384 e. The minimum absolute atomic E-state index is 0.0156. The molecule has 0 aromatic heterocycles. The lowest BCUT2D eigenvalue weighted by atomic mass is 9.86. The highest BCUT2D eigenvalue weighted by Crippen LogP contribution is 2.33. The third-order valence-electron chi connectivity index (χ3n) is 4.93. The van der Waals surface area contributed by atoms with E-state index in [0.717, 1.165) is 50.0 Å². The van der Waals surface area contributed by atoms with Crippen LogP contribution in [-0.4, -0.2) is 30.4 Å². The Morgan fingerprint density at radius 2 is 1.95 bits per heavy atom. The van der Waals surface area contributed by atoms with E-state index in [9.17, 15) is 4.79 Å². The molecule has 0 saturated carbocycles. The summed E-state index contributed by atoms with van der Waals surface area (Å²) in [5.41, 5.74) is 2.30. The maximum absolute atomic E-state index is 12.7. The van der Waals surface area contributed by atoms with E-state index in [0.29, 0.717) is 5.91 Å². The summed E-state index contributed by atoms with van der Waals surface area (Å²) in [6.07, 6.45) is 2.32. The third kappa shape index (κ3) is 2.41. The monoisotopic (exact) mass is 272 g/mol. The van der Waals surface area contributed by atoms with Crippen LogP contribution in [-0.2, 0) is 4.79 Å². The molecule has 1 fully saturated rings. The number of carbonyl (C=O) groups is 1. The number of anilines is 1. The van der Waals surface area contributed by atoms with Crippen LogP contribution in [0.2, 0.25) is 0 Å². The summed E-state index contributed by atoms with van der Waals surface area (Å²) in [5, 5.41) is 3.35. The second kappa shape index (κ2) is 5.47. The highest BCUT2D eigenvalue weighted by Gasteiger charge is 2.33. The van der Waals surface area contributed by atoms with Gasteiger partial charge in [0.2, 0.25) is 5.91 Å². The number of likely N-dealkylation sites (tertiary alicyclic amines) is 1. The molecule has 20 heavy (non-hydrogen) atoms. The predicted octanol–water partition coefficient (Wildman–Crippen LogP) is 3.09. The normalized spacial score (nSPS) is 22.8. The van der Waals surface area contributed by atoms with Crippen molar-refractivity contribution in [3.8, 4) is 0 Å². The van der Waals surface area contributed by atoms with Gasteiger partial charge in [-0.05, 0) is 36.3 Å². The molecular weight excluding hydrogens is 248 g/mol. The number of hydrogen-bond donors (Lipinski definition) is 1. The molecule has 3 nitrogen and oxygen atoms in total. The topological polar surface area (TPSA) is 32.3 Å². The molecule has 1 N–H and O–H groups in total. The van der Waals surface area contributed by atoms with Crippen LogP contribution in [0.1, 0.15) is 38.2 Å². The third-order valence-corrected chi connectivity index (χ3v) is 4.93. The van der Waals surface area contributed by atoms with Gasteiger partial charge >= 0.3 is 0 Å². The summed E-state index contributed by atoms with van der Waals surface area (Å²) < 4.78 is 0. The average molecular weight is 272 g/mol. The predicted molar refractivity (Wildman–Crippen MR) is 81.8 cm³/mol. The second-order valence-corrected chi connectivity index (χ2v) is 6.43. The van der Waals surface area contributed by atoms with Gasteiger partial charge in [-0.1, -0.05) is 32.0 Å². The lowest BCUT2D eigenvalue weighted by molar-refractivity contribution is -0.134. The van der Waals surface area contributed by atoms with E-state index in [-0.39, 0.29) is 5.92 Å². The fourth-order valence-corrected chi connectivity index (χ4v) is 3.51. The molecule has 2 aliphatic rings. The quantitative estimate of drug-likeness (QED) is 0.897. The number of rotatable bonds is 2. The molecule has 1 aromatic carbocycles. The summed E-state index contributed by atoms with van der Waals surface area (Å²) in [5.74, 6) is 1.85. The van der Waals surface area contributed by atoms with E-state index >= 15 is 0 Å². The number of amides is 1. The van der Waals surface area contributed by atoms with Gasteiger partial charge < -0.3 is 10.2 Å². The smallest absolute Gasteiger partial charge is 0.231 e. The van der Waals surface area contributed by atoms with E-state index < -0.39 is 0 Å². The van der Waals surface area contributed by atoms with Crippen LogP contribution in [0.4, 0.5) is 5.69 Å². The van der Waals surface area contributed by atoms with Crippen molar-refractivity contribution in [3.05, 3.63) is 29.8 Å². The van der Waals surface area contributed by atoms with Crippen molar-refractivity contribution in [2.75, 3.05) is 25.0 Å². The number of nitrogens with one attached hydrogen (secondary N) is 1. The van der Waals surface area contributed by atoms with Gasteiger partial charge in [-0.2, -0.15) is 0 Å². The Kier molecular flexibility index (Phi) is 3.68. The van der Waals surface area contributed by atoms with E-state index in [2.05, 4.69) is 36.2 Å². The van der Waals surface area contributed by atoms with Crippen LogP contribution in [0.25, 0.3) is 0 Å². The Balaban J connectivity index is 1.67. The molecule has 3 heteroatoms. The van der Waals surface area contributed by atoms with Crippen molar-refractivity contribution < 1.29 is 4.79 Å². The lowest BCUT2D eigenvalue weighted by Crippen LogP contribution is -2.42. The van der Waals surface area contributed by atoms with E-state index in [1.807, 2.05) is 12.1 Å². The van der Waals surface area contributed by atoms with Crippen LogP contribution in [0.3, 0.4) is 0 Å². The van der Waals surface area contributed by atoms with Crippen molar-refractivity contribution in [1.29, 1.82) is 0 Å². The molecule has 3 rings (SSSR count). The highest BCUT2D eigenvalue weighted by atomic mass is 16.2. The van der Waals surface area contributed by atoms with Crippen LogP contribution >= 0.6 is 0 Å². The molecule has 2 heterocycles. The van der Waals surface area contributed by atoms with Crippen LogP contribution < -0.4 is 5.32 Å². The Morgan fingerprint density at radius 3 is 2.65 bits per heavy atom. The van der Waals surface area contributed by atoms with Crippen LogP contribution in [0.5, 0.6) is 0 Å². The van der Waals surface area contributed by atoms with Gasteiger partial charge in [0.05, 0.1) is 5.92 Å². The Morgan fingerprint density at radius 1 is 1.25 bits per heavy atom. The maximum Gasteiger partial charge on any atom is 0.231 e. The molecule has 1 atom stereocenters. The molecular formula is C17H24N2O. The van der Waals surface area contributed by atoms with Gasteiger partial charge in [0.1, 0.15) is 0 Å². The fraction of sp³-hybridized carbons (Fsp3) is 0.588. The molecule has 1 saturated heterocycles. The first kappa shape index (κ1) is 13.5. The van der Waals surface area contributed by atoms with Gasteiger partial charge in [-0.3, -0.25) is 4.79 Å². The average Bonchev–Trinajstić information content (AvgIpc) is 2.90. The number of nitrogens with zero attached hydrogens (tertiary/aromatic N) is 1. The van der Waals surface area contributed by atoms with Crippen LogP contribution in [0.15, 0.2) is 24.3 Å². The molecule has 0 radical (unpaired) electrons. The Hall–Kier alpha value is -1.51. The summed E-state index contributed by atoms with van der Waals surface area (Å²) >= 11 is 0. The van der Waals surface area contributed by atoms with Crippen molar-refractivity contribution >= 4 is 11.6 Å². The van der Waals surface area contributed by atoms with E-state index in [4.69, 9.17) is 0 Å². The first-order valence-corrected chi connectivity index (χ1v) is 7.78. The zero-order chi connectivity index (χ0) is 14.1. The first-order chi connectivity index (χ1) is 9.66. The maximum atomic E-state index is 12.7. The number of hydrogen-bond acceptors (Lipinski definition) is 2. The van der Waals surface area contributed by atoms with Gasteiger partial charge in [-0.25, -0.2) is 0 Å². The molecule has 2 aliphatic heterocycles. The lowest BCUT2D eigenvalue weighted by Gasteiger charge is -2.35. The van der Waals surface area contributed by atoms with Gasteiger partial charge in [-0.15, -0.1) is 0 Å². The molecule has 0 aliphatic carbocycles. The molecule has 0 spiro atoms. The standard InChI is InChI=1S/C17H24N2O/c1-12(2)13-7-9-19(10-8-13)17(20)15-11-18-16-6-4-3-5-14(15)16/h3-6,12-13,15,18H,7-11H2,1-2H3. The van der Waals surface area contributed by atoms with Crippen molar-refractivity contribution in [3.63, 3.8) is 0 Å². The van der Waals surface area contributed by atoms with E-state index in [1.165, 1.54) is 5.56 Å². The zero-order valence-electron chi connectivity index (χ0n) is 12.4. The minimum Gasteiger partial charge on any atom is -0.384 e. The molecule has 108 valence electrons. The number of carbonyl (C=O) groups excluding carboxylic acids is 1. The Bertz CT molecular complexity index is 490. The van der Waals surface area contributed by atoms with Crippen molar-refractivity contribution in [2.45, 2.75) is 32.6 Å². The number of fused-ring (bicyclic) bond motifs is 1. The van der Waals surface area contributed by atoms with Crippen molar-refractivity contribution in [2.24, 2.45) is 11.8 Å². The summed E-state index contributed by atoms with van der Waals surface area (Å²) in [4.78, 5) is 14.8. The summed E-state index contributed by atoms with van der Waals surface area (Å²) in [6.45, 7) is 7.20. The van der Waals surface area contributed by atoms with Crippen molar-refractivity contribution in [1.82, 2.24) is 4.90 Å². The number of para-hydroxylation sites is 1. The number of piperidine rings is 1. The second-order valence-electron chi connectivity index (χ2n) is 6.43. The van der Waals surface area contributed by atoms with Gasteiger partial charge in [0, 0.05) is 25.3 Å². The minimum atomic E-state index is 0.0156. The SMILES string of the molecule is CC(C)C1CCN(C(=O)C2CNc3ccccc32)CC1. The van der Waals surface area contributed by atoms with Crippen LogP contribution in [0, 0.1) is 11.8 Å². The fourth-order valence-electron chi connectivity index (χ4n) is 3.51. The van der Waals surface area contributed by atoms with E-state index in [1.54, 1.807) is 0 Å². The molecule has 1 aromatic rings. The van der Waals surface area contributed by atoms with Gasteiger partial charge in [0.25, 0.3) is 0 Å². The number of benzene rings is 1.